The first-order chi connectivity index (χ1) is 20.6. The van der Waals surface area contributed by atoms with E-state index in [4.69, 9.17) is 16.3 Å². The number of benzene rings is 2. The Labute approximate surface area is 257 Å². The van der Waals surface area contributed by atoms with Crippen LogP contribution in [0.1, 0.15) is 49.1 Å². The van der Waals surface area contributed by atoms with E-state index in [0.29, 0.717) is 56.3 Å². The molecule has 3 saturated heterocycles. The number of amides is 2. The van der Waals surface area contributed by atoms with Crippen LogP contribution in [0.2, 0.25) is 5.02 Å². The second-order valence-electron chi connectivity index (χ2n) is 11.6. The van der Waals surface area contributed by atoms with Gasteiger partial charge in [0.1, 0.15) is 11.9 Å². The second-order valence-corrected chi connectivity index (χ2v) is 14.2. The van der Waals surface area contributed by atoms with Gasteiger partial charge in [-0.3, -0.25) is 13.9 Å². The highest BCUT2D eigenvalue weighted by Gasteiger charge is 2.39. The number of rotatable bonds is 9. The van der Waals surface area contributed by atoms with Crippen LogP contribution in [0.4, 0.5) is 14.9 Å². The number of anilines is 1. The molecule has 0 aliphatic carbocycles. The summed E-state index contributed by atoms with van der Waals surface area (Å²) in [5.41, 5.74) is 1.31. The molecule has 43 heavy (non-hydrogen) atoms. The van der Waals surface area contributed by atoms with Crippen LogP contribution in [0.25, 0.3) is 0 Å². The van der Waals surface area contributed by atoms with Crippen molar-refractivity contribution in [1.29, 1.82) is 0 Å². The summed E-state index contributed by atoms with van der Waals surface area (Å²) < 4.78 is 44.2. The summed E-state index contributed by atoms with van der Waals surface area (Å²) in [4.78, 5) is 25.9. The van der Waals surface area contributed by atoms with Gasteiger partial charge in [-0.1, -0.05) is 29.8 Å². The normalized spacial score (nSPS) is 26.0. The largest absolute Gasteiger partial charge is 0.465 e. The number of hydrogen-bond acceptors (Lipinski definition) is 7. The zero-order valence-electron chi connectivity index (χ0n) is 23.9. The smallest absolute Gasteiger partial charge is 0.405 e. The first-order valence-corrected chi connectivity index (χ1v) is 16.8. The maximum atomic E-state index is 15.3. The molecular weight excluding hydrogens is 599 g/mol. The number of fused-ring (bicyclic) bond motifs is 2. The van der Waals surface area contributed by atoms with Crippen LogP contribution in [-0.4, -0.2) is 80.7 Å². The molecule has 0 spiro atoms. The first kappa shape index (κ1) is 32.0. The highest BCUT2D eigenvalue weighted by molar-refractivity contribution is 8.22. The van der Waals surface area contributed by atoms with Gasteiger partial charge >= 0.3 is 6.09 Å². The Morgan fingerprint density at radius 2 is 1.88 bits per heavy atom. The number of carbonyl (C=O) groups is 2. The van der Waals surface area contributed by atoms with E-state index < -0.39 is 40.6 Å². The van der Waals surface area contributed by atoms with Crippen molar-refractivity contribution in [2.24, 2.45) is 5.92 Å². The fourth-order valence-electron chi connectivity index (χ4n) is 6.67. The topological polar surface area (TPSA) is 143 Å². The zero-order chi connectivity index (χ0) is 30.6. The van der Waals surface area contributed by atoms with Gasteiger partial charge in [0.25, 0.3) is 0 Å². The van der Waals surface area contributed by atoms with E-state index in [-0.39, 0.29) is 35.7 Å². The Bertz CT molecular complexity index is 1280. The second kappa shape index (κ2) is 14.1. The molecule has 3 heterocycles. The van der Waals surface area contributed by atoms with Gasteiger partial charge in [-0.15, -0.1) is 10.8 Å². The molecule has 13 heteroatoms. The molecule has 10 nitrogen and oxygen atoms in total. The maximum absolute atomic E-state index is 15.3. The third kappa shape index (κ3) is 7.80. The SMILES string of the molecule is O=C(O)N[C@@H](C(=O)Nc1cccc(F)c1CCC1CNC2CCCS(O)(O)N1C2)[C@@H](c1ccc(Cl)cc1)C1CCOCC1. The van der Waals surface area contributed by atoms with E-state index in [2.05, 4.69) is 16.0 Å². The van der Waals surface area contributed by atoms with Crippen LogP contribution in [0.5, 0.6) is 0 Å². The molecule has 2 aromatic carbocycles. The fourth-order valence-corrected chi connectivity index (χ4v) is 8.66. The summed E-state index contributed by atoms with van der Waals surface area (Å²) in [7, 11) is -2.91. The molecule has 0 radical (unpaired) electrons. The van der Waals surface area contributed by atoms with Gasteiger partial charge in [0.05, 0.1) is 5.75 Å². The summed E-state index contributed by atoms with van der Waals surface area (Å²) in [5.74, 6) is -1.32. The highest BCUT2D eigenvalue weighted by Crippen LogP contribution is 2.49. The summed E-state index contributed by atoms with van der Waals surface area (Å²) in [6.45, 7) is 2.08. The minimum Gasteiger partial charge on any atom is -0.465 e. The predicted molar refractivity (Wildman–Crippen MR) is 165 cm³/mol. The van der Waals surface area contributed by atoms with Gasteiger partial charge in [0.2, 0.25) is 5.91 Å². The quantitative estimate of drug-likeness (QED) is 0.217. The van der Waals surface area contributed by atoms with Crippen LogP contribution in [0, 0.1) is 11.7 Å². The van der Waals surface area contributed by atoms with Crippen LogP contribution in [0.15, 0.2) is 42.5 Å². The number of hydrogen-bond donors (Lipinski definition) is 6. The molecule has 2 aromatic rings. The van der Waals surface area contributed by atoms with E-state index >= 15 is 4.39 Å². The maximum Gasteiger partial charge on any atom is 0.405 e. The van der Waals surface area contributed by atoms with Crippen molar-refractivity contribution in [1.82, 2.24) is 14.9 Å². The Morgan fingerprint density at radius 1 is 1.14 bits per heavy atom. The molecule has 3 fully saturated rings. The predicted octanol–water partition coefficient (Wildman–Crippen LogP) is 5.30. The third-order valence-corrected chi connectivity index (χ3v) is 11.1. The molecule has 3 unspecified atom stereocenters. The molecule has 6 N–H and O–H groups in total. The molecule has 3 aliphatic rings. The average Bonchev–Trinajstić information content (AvgIpc) is 3.09. The van der Waals surface area contributed by atoms with E-state index in [1.807, 2.05) is 0 Å². The monoisotopic (exact) mass is 638 g/mol. The minimum absolute atomic E-state index is 0.0412. The summed E-state index contributed by atoms with van der Waals surface area (Å²) in [6.07, 6.45) is 2.23. The van der Waals surface area contributed by atoms with Crippen molar-refractivity contribution in [2.75, 3.05) is 37.4 Å². The van der Waals surface area contributed by atoms with Gasteiger partial charge < -0.3 is 25.8 Å². The number of carbonyl (C=O) groups excluding carboxylic acids is 1. The van der Waals surface area contributed by atoms with Crippen molar-refractivity contribution in [2.45, 2.75) is 62.6 Å². The lowest BCUT2D eigenvalue weighted by molar-refractivity contribution is -0.119. The van der Waals surface area contributed by atoms with Crippen LogP contribution in [0.3, 0.4) is 0 Å². The van der Waals surface area contributed by atoms with Crippen molar-refractivity contribution in [3.8, 4) is 0 Å². The van der Waals surface area contributed by atoms with Gasteiger partial charge in [-0.2, -0.15) is 0 Å². The number of carboxylic acid groups (broad SMARTS) is 1. The average molecular weight is 639 g/mol. The van der Waals surface area contributed by atoms with Crippen molar-refractivity contribution < 1.29 is 32.9 Å². The molecule has 0 aromatic heterocycles. The van der Waals surface area contributed by atoms with E-state index in [1.165, 1.54) is 12.1 Å². The Balaban J connectivity index is 1.38. The molecule has 236 valence electrons. The zero-order valence-corrected chi connectivity index (χ0v) is 25.5. The molecule has 5 atom stereocenters. The van der Waals surface area contributed by atoms with Crippen molar-refractivity contribution in [3.63, 3.8) is 0 Å². The summed E-state index contributed by atoms with van der Waals surface area (Å²) in [6, 6.07) is 10.3. The lowest BCUT2D eigenvalue weighted by Gasteiger charge is -2.49. The number of ether oxygens (including phenoxy) is 1. The highest BCUT2D eigenvalue weighted by atomic mass is 35.5. The Kier molecular flexibility index (Phi) is 10.5. The minimum atomic E-state index is -2.91. The van der Waals surface area contributed by atoms with Crippen molar-refractivity contribution >= 4 is 40.1 Å². The van der Waals surface area contributed by atoms with Crippen LogP contribution in [-0.2, 0) is 16.0 Å². The molecule has 5 rings (SSSR count). The molecular formula is C30H40ClFN4O6S. The molecule has 0 saturated carbocycles. The Hall–Kier alpha value is -2.45. The number of nitrogens with one attached hydrogen (secondary N) is 3. The van der Waals surface area contributed by atoms with Gasteiger partial charge in [-0.05, 0) is 74.3 Å². The van der Waals surface area contributed by atoms with E-state index in [1.54, 1.807) is 34.6 Å². The summed E-state index contributed by atoms with van der Waals surface area (Å²) in [5, 5.41) is 19.0. The number of piperazine rings is 1. The third-order valence-electron chi connectivity index (χ3n) is 8.85. The first-order valence-electron chi connectivity index (χ1n) is 14.8. The molecule has 2 bridgehead atoms. The lowest BCUT2D eigenvalue weighted by atomic mass is 9.76. The van der Waals surface area contributed by atoms with Crippen LogP contribution >= 0.6 is 22.4 Å². The lowest BCUT2D eigenvalue weighted by Crippen LogP contribution is -2.55. The van der Waals surface area contributed by atoms with Gasteiger partial charge in [0, 0.05) is 60.6 Å². The summed E-state index contributed by atoms with van der Waals surface area (Å²) >= 11 is 6.13. The molecule has 2 amide bonds. The standard InChI is InChI=1S/C30H40ClFN4O6S/c31-21-8-6-19(7-9-21)27(20-12-14-42-15-13-20)28(35-30(38)39)29(37)34-26-5-1-4-25(32)24(26)11-10-23-17-33-22-3-2-16-43(40,41)36(23)18-22/h1,4-9,20,22-23,27-28,33,35,40-41H,2-3,10-18H2,(H,34,37)(H,38,39)/t22?,23?,27-,28+/m0/s1. The van der Waals surface area contributed by atoms with Gasteiger partial charge in [0.15, 0.2) is 0 Å². The number of nitrogens with zero attached hydrogens (tertiary/aromatic N) is 1. The van der Waals surface area contributed by atoms with E-state index in [0.717, 1.165) is 18.4 Å². The van der Waals surface area contributed by atoms with Crippen molar-refractivity contribution in [3.05, 3.63) is 64.4 Å². The fraction of sp³-hybridized carbons (Fsp3) is 0.533. The molecule has 3 aliphatic heterocycles. The number of halogens is 2. The Morgan fingerprint density at radius 3 is 2.60 bits per heavy atom. The van der Waals surface area contributed by atoms with E-state index in [9.17, 15) is 23.8 Å². The van der Waals surface area contributed by atoms with Crippen LogP contribution < -0.4 is 16.0 Å². The van der Waals surface area contributed by atoms with Gasteiger partial charge in [-0.25, -0.2) is 13.5 Å².